The maximum Gasteiger partial charge on any atom is 0.327 e. The summed E-state index contributed by atoms with van der Waals surface area (Å²) in [6, 6.07) is 0.0496. The number of amides is 1. The molecule has 0 aliphatic carbocycles. The van der Waals surface area contributed by atoms with Gasteiger partial charge in [-0.15, -0.1) is 0 Å². The van der Waals surface area contributed by atoms with Crippen molar-refractivity contribution in [2.75, 3.05) is 0 Å². The number of rotatable bonds is 2. The molecule has 4 heteroatoms. The molecule has 0 fully saturated rings. The SMILES string of the molecule is CC(C)C(C)NC(=O)n1ccnc1. The molecule has 0 aliphatic heterocycles. The summed E-state index contributed by atoms with van der Waals surface area (Å²) in [5, 5.41) is 2.87. The second-order valence-electron chi connectivity index (χ2n) is 3.45. The molecule has 1 atom stereocenters. The third kappa shape index (κ3) is 2.57. The zero-order valence-electron chi connectivity index (χ0n) is 8.19. The van der Waals surface area contributed by atoms with Crippen LogP contribution in [0.3, 0.4) is 0 Å². The number of imidazole rings is 1. The molecule has 0 bridgehead atoms. The van der Waals surface area contributed by atoms with Crippen LogP contribution in [-0.2, 0) is 0 Å². The van der Waals surface area contributed by atoms with Gasteiger partial charge in [0.05, 0.1) is 0 Å². The first-order valence-electron chi connectivity index (χ1n) is 4.40. The Labute approximate surface area is 78.0 Å². The van der Waals surface area contributed by atoms with E-state index >= 15 is 0 Å². The Morgan fingerprint density at radius 2 is 2.15 bits per heavy atom. The molecule has 1 unspecified atom stereocenters. The highest BCUT2D eigenvalue weighted by molar-refractivity contribution is 5.76. The Morgan fingerprint density at radius 1 is 1.46 bits per heavy atom. The molecule has 1 heterocycles. The van der Waals surface area contributed by atoms with Crippen molar-refractivity contribution in [1.82, 2.24) is 14.9 Å². The number of aromatic nitrogens is 2. The van der Waals surface area contributed by atoms with Crippen molar-refractivity contribution in [3.63, 3.8) is 0 Å². The van der Waals surface area contributed by atoms with E-state index in [-0.39, 0.29) is 12.1 Å². The van der Waals surface area contributed by atoms with Gasteiger partial charge in [0, 0.05) is 18.4 Å². The Morgan fingerprint density at radius 3 is 2.62 bits per heavy atom. The summed E-state index contributed by atoms with van der Waals surface area (Å²) < 4.78 is 1.43. The highest BCUT2D eigenvalue weighted by atomic mass is 16.2. The molecule has 0 radical (unpaired) electrons. The quantitative estimate of drug-likeness (QED) is 0.751. The van der Waals surface area contributed by atoms with Gasteiger partial charge in [0.25, 0.3) is 0 Å². The predicted octanol–water partition coefficient (Wildman–Crippen LogP) is 1.49. The van der Waals surface area contributed by atoms with Crippen molar-refractivity contribution >= 4 is 6.03 Å². The van der Waals surface area contributed by atoms with Gasteiger partial charge in [0.15, 0.2) is 0 Å². The number of hydrogen-bond donors (Lipinski definition) is 1. The molecule has 0 saturated heterocycles. The van der Waals surface area contributed by atoms with E-state index in [2.05, 4.69) is 24.1 Å². The Balaban J connectivity index is 2.52. The van der Waals surface area contributed by atoms with Crippen LogP contribution in [0.2, 0.25) is 0 Å². The highest BCUT2D eigenvalue weighted by Crippen LogP contribution is 2.00. The minimum atomic E-state index is -0.126. The number of hydrogen-bond acceptors (Lipinski definition) is 2. The third-order valence-electron chi connectivity index (χ3n) is 2.09. The summed E-state index contributed by atoms with van der Waals surface area (Å²) in [6.45, 7) is 6.12. The molecule has 0 spiro atoms. The zero-order chi connectivity index (χ0) is 9.84. The van der Waals surface area contributed by atoms with Gasteiger partial charge in [-0.2, -0.15) is 0 Å². The van der Waals surface area contributed by atoms with Crippen LogP contribution in [0.5, 0.6) is 0 Å². The molecule has 4 nitrogen and oxygen atoms in total. The van der Waals surface area contributed by atoms with Gasteiger partial charge < -0.3 is 5.32 Å². The van der Waals surface area contributed by atoms with Crippen molar-refractivity contribution in [3.8, 4) is 0 Å². The fraction of sp³-hybridized carbons (Fsp3) is 0.556. The molecule has 0 saturated carbocycles. The fourth-order valence-corrected chi connectivity index (χ4v) is 0.815. The number of nitrogens with one attached hydrogen (secondary N) is 1. The van der Waals surface area contributed by atoms with E-state index in [0.29, 0.717) is 5.92 Å². The largest absolute Gasteiger partial charge is 0.335 e. The molecule has 1 rings (SSSR count). The fourth-order valence-electron chi connectivity index (χ4n) is 0.815. The maximum absolute atomic E-state index is 11.4. The highest BCUT2D eigenvalue weighted by Gasteiger charge is 2.10. The standard InChI is InChI=1S/C9H15N3O/c1-7(2)8(3)11-9(13)12-5-4-10-6-12/h4-8H,1-3H3,(H,11,13). The molecule has 1 aromatic heterocycles. The van der Waals surface area contributed by atoms with Crippen LogP contribution in [0, 0.1) is 5.92 Å². The lowest BCUT2D eigenvalue weighted by Gasteiger charge is -2.17. The lowest BCUT2D eigenvalue weighted by molar-refractivity contribution is 0.236. The molecular formula is C9H15N3O. The van der Waals surface area contributed by atoms with E-state index in [9.17, 15) is 4.79 Å². The van der Waals surface area contributed by atoms with Gasteiger partial charge in [-0.3, -0.25) is 4.57 Å². The van der Waals surface area contributed by atoms with Gasteiger partial charge >= 0.3 is 6.03 Å². The molecule has 0 aromatic carbocycles. The Hall–Kier alpha value is -1.32. The van der Waals surface area contributed by atoms with Crippen LogP contribution in [0.15, 0.2) is 18.7 Å². The van der Waals surface area contributed by atoms with Gasteiger partial charge in [-0.1, -0.05) is 13.8 Å². The van der Waals surface area contributed by atoms with E-state index in [1.165, 1.54) is 10.9 Å². The van der Waals surface area contributed by atoms with Crippen molar-refractivity contribution < 1.29 is 4.79 Å². The van der Waals surface area contributed by atoms with Crippen LogP contribution in [-0.4, -0.2) is 21.6 Å². The summed E-state index contributed by atoms with van der Waals surface area (Å²) in [5.74, 6) is 0.437. The summed E-state index contributed by atoms with van der Waals surface area (Å²) in [5.41, 5.74) is 0. The Bertz CT molecular complexity index is 266. The maximum atomic E-state index is 11.4. The molecule has 13 heavy (non-hydrogen) atoms. The van der Waals surface area contributed by atoms with Gasteiger partial charge in [-0.25, -0.2) is 9.78 Å². The molecule has 72 valence electrons. The second-order valence-corrected chi connectivity index (χ2v) is 3.45. The van der Waals surface area contributed by atoms with Crippen molar-refractivity contribution in [2.45, 2.75) is 26.8 Å². The van der Waals surface area contributed by atoms with E-state index in [1.54, 1.807) is 12.4 Å². The zero-order valence-corrected chi connectivity index (χ0v) is 8.19. The average molecular weight is 181 g/mol. The van der Waals surface area contributed by atoms with E-state index in [1.807, 2.05) is 6.92 Å². The molecule has 1 aromatic rings. The molecular weight excluding hydrogens is 166 g/mol. The minimum Gasteiger partial charge on any atom is -0.335 e. The van der Waals surface area contributed by atoms with Gasteiger partial charge in [0.2, 0.25) is 0 Å². The summed E-state index contributed by atoms with van der Waals surface area (Å²) in [4.78, 5) is 15.2. The second kappa shape index (κ2) is 4.07. The monoisotopic (exact) mass is 181 g/mol. The van der Waals surface area contributed by atoms with Crippen LogP contribution in [0.4, 0.5) is 4.79 Å². The molecule has 1 N–H and O–H groups in total. The first-order valence-corrected chi connectivity index (χ1v) is 4.40. The van der Waals surface area contributed by atoms with E-state index in [0.717, 1.165) is 0 Å². The smallest absolute Gasteiger partial charge is 0.327 e. The van der Waals surface area contributed by atoms with Gasteiger partial charge in [-0.05, 0) is 12.8 Å². The summed E-state index contributed by atoms with van der Waals surface area (Å²) >= 11 is 0. The third-order valence-corrected chi connectivity index (χ3v) is 2.09. The van der Waals surface area contributed by atoms with Gasteiger partial charge in [0.1, 0.15) is 6.33 Å². The van der Waals surface area contributed by atoms with Crippen LogP contribution in [0.1, 0.15) is 20.8 Å². The topological polar surface area (TPSA) is 46.9 Å². The van der Waals surface area contributed by atoms with Crippen molar-refractivity contribution in [1.29, 1.82) is 0 Å². The molecule has 1 amide bonds. The summed E-state index contributed by atoms with van der Waals surface area (Å²) in [7, 11) is 0. The van der Waals surface area contributed by atoms with E-state index < -0.39 is 0 Å². The first kappa shape index (κ1) is 9.77. The number of carbonyl (C=O) groups excluding carboxylic acids is 1. The van der Waals surface area contributed by atoms with Crippen LogP contribution in [0.25, 0.3) is 0 Å². The Kier molecular flexibility index (Phi) is 3.06. The van der Waals surface area contributed by atoms with Crippen molar-refractivity contribution in [3.05, 3.63) is 18.7 Å². The molecule has 0 aliphatic rings. The lowest BCUT2D eigenvalue weighted by atomic mass is 10.1. The number of nitrogens with zero attached hydrogens (tertiary/aromatic N) is 2. The normalized spacial score (nSPS) is 12.9. The lowest BCUT2D eigenvalue weighted by Crippen LogP contribution is -2.38. The van der Waals surface area contributed by atoms with Crippen LogP contribution >= 0.6 is 0 Å². The summed E-state index contributed by atoms with van der Waals surface area (Å²) in [6.07, 6.45) is 4.70. The number of carbonyl (C=O) groups is 1. The predicted molar refractivity (Wildman–Crippen MR) is 50.5 cm³/mol. The first-order chi connectivity index (χ1) is 6.11. The average Bonchev–Trinajstić information content (AvgIpc) is 2.55. The van der Waals surface area contributed by atoms with Crippen molar-refractivity contribution in [2.24, 2.45) is 5.92 Å². The van der Waals surface area contributed by atoms with E-state index in [4.69, 9.17) is 0 Å². The minimum absolute atomic E-state index is 0.126. The van der Waals surface area contributed by atoms with Crippen LogP contribution < -0.4 is 5.32 Å².